The van der Waals surface area contributed by atoms with Gasteiger partial charge in [0, 0.05) is 19.6 Å². The van der Waals surface area contributed by atoms with Gasteiger partial charge >= 0.3 is 0 Å². The first kappa shape index (κ1) is 17.2. The van der Waals surface area contributed by atoms with E-state index in [0.717, 1.165) is 42.8 Å². The molecule has 5 nitrogen and oxygen atoms in total. The van der Waals surface area contributed by atoms with Crippen molar-refractivity contribution in [2.75, 3.05) is 18.5 Å². The number of benzene rings is 1. The lowest BCUT2D eigenvalue weighted by Gasteiger charge is -2.26. The summed E-state index contributed by atoms with van der Waals surface area (Å²) in [6.45, 7) is 5.56. The molecule has 0 bridgehead atoms. The van der Waals surface area contributed by atoms with Crippen LogP contribution in [0, 0.1) is 13.8 Å². The SMILES string of the molecule is Cc1ccccc1[C@H]1CC(=O)c2c(C)nc(NC[C@H]3CCCO3)nc2C1. The molecule has 0 radical (unpaired) electrons. The quantitative estimate of drug-likeness (QED) is 0.912. The summed E-state index contributed by atoms with van der Waals surface area (Å²) in [4.78, 5) is 22.0. The van der Waals surface area contributed by atoms with Gasteiger partial charge in [-0.25, -0.2) is 9.97 Å². The van der Waals surface area contributed by atoms with Crippen molar-refractivity contribution in [1.82, 2.24) is 9.97 Å². The number of aromatic nitrogens is 2. The van der Waals surface area contributed by atoms with Gasteiger partial charge in [0.15, 0.2) is 5.78 Å². The summed E-state index contributed by atoms with van der Waals surface area (Å²) in [6, 6.07) is 8.32. The molecule has 1 aliphatic heterocycles. The molecule has 1 fully saturated rings. The lowest BCUT2D eigenvalue weighted by Crippen LogP contribution is -2.25. The predicted octanol–water partition coefficient (Wildman–Crippen LogP) is 3.60. The molecule has 5 heteroatoms. The topological polar surface area (TPSA) is 64.1 Å². The molecule has 136 valence electrons. The van der Waals surface area contributed by atoms with Crippen LogP contribution in [0.15, 0.2) is 24.3 Å². The summed E-state index contributed by atoms with van der Waals surface area (Å²) in [7, 11) is 0. The second-order valence-corrected chi connectivity index (χ2v) is 7.36. The summed E-state index contributed by atoms with van der Waals surface area (Å²) in [5.41, 5.74) is 4.85. The molecule has 1 aliphatic carbocycles. The lowest BCUT2D eigenvalue weighted by atomic mass is 9.80. The van der Waals surface area contributed by atoms with Crippen LogP contribution in [0.5, 0.6) is 0 Å². The van der Waals surface area contributed by atoms with Gasteiger partial charge < -0.3 is 10.1 Å². The fourth-order valence-corrected chi connectivity index (χ4v) is 4.13. The molecule has 1 aromatic carbocycles. The molecule has 26 heavy (non-hydrogen) atoms. The molecule has 2 heterocycles. The number of fused-ring (bicyclic) bond motifs is 1. The fraction of sp³-hybridized carbons (Fsp3) is 0.476. The number of rotatable bonds is 4. The molecule has 0 amide bonds. The normalized spacial score (nSPS) is 22.3. The average Bonchev–Trinajstić information content (AvgIpc) is 3.13. The van der Waals surface area contributed by atoms with Gasteiger partial charge in [-0.15, -0.1) is 0 Å². The molecule has 0 unspecified atom stereocenters. The molecular weight excluding hydrogens is 326 g/mol. The molecular formula is C21H25N3O2. The van der Waals surface area contributed by atoms with E-state index >= 15 is 0 Å². The fourth-order valence-electron chi connectivity index (χ4n) is 4.13. The summed E-state index contributed by atoms with van der Waals surface area (Å²) in [5, 5.41) is 3.30. The Kier molecular flexibility index (Phi) is 4.72. The highest BCUT2D eigenvalue weighted by atomic mass is 16.5. The molecule has 1 saturated heterocycles. The average molecular weight is 351 g/mol. The highest BCUT2D eigenvalue weighted by Crippen LogP contribution is 2.34. The van der Waals surface area contributed by atoms with Crippen LogP contribution in [0.2, 0.25) is 0 Å². The van der Waals surface area contributed by atoms with Crippen LogP contribution in [-0.2, 0) is 11.2 Å². The van der Waals surface area contributed by atoms with Crippen molar-refractivity contribution < 1.29 is 9.53 Å². The highest BCUT2D eigenvalue weighted by molar-refractivity contribution is 5.99. The number of hydrogen-bond acceptors (Lipinski definition) is 5. The van der Waals surface area contributed by atoms with E-state index in [1.807, 2.05) is 19.1 Å². The Bertz CT molecular complexity index is 828. The van der Waals surface area contributed by atoms with Crippen molar-refractivity contribution in [2.45, 2.75) is 51.6 Å². The number of nitrogens with one attached hydrogen (secondary N) is 1. The van der Waals surface area contributed by atoms with Gasteiger partial charge in [-0.1, -0.05) is 24.3 Å². The summed E-state index contributed by atoms with van der Waals surface area (Å²) >= 11 is 0. The third-order valence-corrected chi connectivity index (χ3v) is 5.46. The molecule has 2 aromatic rings. The maximum Gasteiger partial charge on any atom is 0.223 e. The number of hydrogen-bond donors (Lipinski definition) is 1. The van der Waals surface area contributed by atoms with Gasteiger partial charge in [-0.3, -0.25) is 4.79 Å². The molecule has 1 N–H and O–H groups in total. The lowest BCUT2D eigenvalue weighted by molar-refractivity contribution is 0.0961. The monoisotopic (exact) mass is 351 g/mol. The zero-order valence-corrected chi connectivity index (χ0v) is 15.4. The second-order valence-electron chi connectivity index (χ2n) is 7.36. The summed E-state index contributed by atoms with van der Waals surface area (Å²) in [6.07, 6.45) is 3.74. The van der Waals surface area contributed by atoms with Crippen LogP contribution < -0.4 is 5.32 Å². The largest absolute Gasteiger partial charge is 0.376 e. The Morgan fingerprint density at radius 1 is 1.19 bits per heavy atom. The van der Waals surface area contributed by atoms with E-state index in [9.17, 15) is 4.79 Å². The smallest absolute Gasteiger partial charge is 0.223 e. The summed E-state index contributed by atoms with van der Waals surface area (Å²) < 4.78 is 5.65. The second kappa shape index (κ2) is 7.16. The number of ketones is 1. The number of aryl methyl sites for hydroxylation is 2. The predicted molar refractivity (Wildman–Crippen MR) is 101 cm³/mol. The van der Waals surface area contributed by atoms with Crippen LogP contribution in [-0.4, -0.2) is 35.0 Å². The third kappa shape index (κ3) is 3.36. The van der Waals surface area contributed by atoms with E-state index in [1.54, 1.807) is 0 Å². The molecule has 0 saturated carbocycles. The molecule has 4 rings (SSSR count). The molecule has 0 spiro atoms. The van der Waals surface area contributed by atoms with E-state index in [1.165, 1.54) is 11.1 Å². The number of carbonyl (C=O) groups excluding carboxylic acids is 1. The van der Waals surface area contributed by atoms with Gasteiger partial charge in [0.25, 0.3) is 0 Å². The molecule has 2 atom stereocenters. The number of anilines is 1. The van der Waals surface area contributed by atoms with Gasteiger partial charge in [0.2, 0.25) is 5.95 Å². The standard InChI is InChI=1S/C21H25N3O2/c1-13-6-3-4-8-17(13)15-10-18-20(19(25)11-15)14(2)23-21(24-18)22-12-16-7-5-9-26-16/h3-4,6,8,15-16H,5,7,9-12H2,1-2H3,(H,22,23,24)/t15-,16-/m1/s1. The van der Waals surface area contributed by atoms with Gasteiger partial charge in [0.05, 0.1) is 23.1 Å². The van der Waals surface area contributed by atoms with Crippen molar-refractivity contribution in [3.8, 4) is 0 Å². The van der Waals surface area contributed by atoms with Crippen molar-refractivity contribution in [2.24, 2.45) is 0 Å². The van der Waals surface area contributed by atoms with E-state index in [4.69, 9.17) is 9.72 Å². The number of ether oxygens (including phenoxy) is 1. The maximum absolute atomic E-state index is 12.8. The zero-order chi connectivity index (χ0) is 18.1. The Balaban J connectivity index is 1.58. The van der Waals surface area contributed by atoms with Crippen molar-refractivity contribution in [1.29, 1.82) is 0 Å². The minimum atomic E-state index is 0.155. The first-order valence-corrected chi connectivity index (χ1v) is 9.43. The first-order chi connectivity index (χ1) is 12.6. The van der Waals surface area contributed by atoms with E-state index in [-0.39, 0.29) is 17.8 Å². The minimum absolute atomic E-state index is 0.155. The van der Waals surface area contributed by atoms with Crippen LogP contribution >= 0.6 is 0 Å². The Morgan fingerprint density at radius 2 is 2.04 bits per heavy atom. The molecule has 2 aliphatic rings. The Labute approximate surface area is 154 Å². The van der Waals surface area contributed by atoms with E-state index in [2.05, 4.69) is 29.4 Å². The van der Waals surface area contributed by atoms with Gasteiger partial charge in [-0.05, 0) is 50.2 Å². The van der Waals surface area contributed by atoms with Crippen molar-refractivity contribution >= 4 is 11.7 Å². The van der Waals surface area contributed by atoms with E-state index in [0.29, 0.717) is 18.9 Å². The number of carbonyl (C=O) groups is 1. The Hall–Kier alpha value is -2.27. The minimum Gasteiger partial charge on any atom is -0.376 e. The highest BCUT2D eigenvalue weighted by Gasteiger charge is 2.30. The van der Waals surface area contributed by atoms with Gasteiger partial charge in [-0.2, -0.15) is 0 Å². The number of Topliss-reactive ketones (excluding diaryl/α,β-unsaturated/α-hetero) is 1. The first-order valence-electron chi connectivity index (χ1n) is 9.43. The van der Waals surface area contributed by atoms with Crippen molar-refractivity contribution in [3.63, 3.8) is 0 Å². The summed E-state index contributed by atoms with van der Waals surface area (Å²) in [5.74, 6) is 0.953. The van der Waals surface area contributed by atoms with Crippen LogP contribution in [0.3, 0.4) is 0 Å². The van der Waals surface area contributed by atoms with Gasteiger partial charge in [0.1, 0.15) is 0 Å². The zero-order valence-electron chi connectivity index (χ0n) is 15.4. The van der Waals surface area contributed by atoms with Crippen molar-refractivity contribution in [3.05, 3.63) is 52.3 Å². The Morgan fingerprint density at radius 3 is 2.81 bits per heavy atom. The third-order valence-electron chi connectivity index (χ3n) is 5.46. The van der Waals surface area contributed by atoms with Crippen LogP contribution in [0.25, 0.3) is 0 Å². The molecule has 1 aromatic heterocycles. The van der Waals surface area contributed by atoms with Crippen LogP contribution in [0.4, 0.5) is 5.95 Å². The van der Waals surface area contributed by atoms with E-state index < -0.39 is 0 Å². The number of nitrogens with zero attached hydrogens (tertiary/aromatic N) is 2. The maximum atomic E-state index is 12.8. The van der Waals surface area contributed by atoms with Crippen LogP contribution in [0.1, 0.15) is 58.1 Å².